The first-order chi connectivity index (χ1) is 35.9. The van der Waals surface area contributed by atoms with E-state index in [1.54, 1.807) is 64.1 Å². The van der Waals surface area contributed by atoms with Crippen LogP contribution >= 0.6 is 0 Å². The topological polar surface area (TPSA) is 235 Å². The Kier molecular flexibility index (Phi) is 24.4. The fraction of sp³-hybridized carbons (Fsp3) is 0.281. The van der Waals surface area contributed by atoms with E-state index in [9.17, 15) is 37.5 Å². The van der Waals surface area contributed by atoms with E-state index in [1.165, 1.54) is 38.5 Å². The highest BCUT2D eigenvalue weighted by molar-refractivity contribution is 6.07. The van der Waals surface area contributed by atoms with Crippen LogP contribution in [0.1, 0.15) is 121 Å². The number of carbonyl (C=O) groups excluding carboxylic acids is 4. The van der Waals surface area contributed by atoms with Crippen LogP contribution in [0.3, 0.4) is 0 Å². The number of carboxylic acids is 2. The standard InChI is InChI=1S/C20H22FNO5.C18H18FNO3.C11H14O4.C8H9NO2/c1-5-26-20(24)15-7-6-14(10-17(15)21)22-19(23)16-9-12(2)8-13(3)18(16)27-11-25-4;1-4-23-18(22)15-6-5-14(10-16(15)19)20-17(21)13-8-11(2)7-12(3)9-13;1-7-4-8(2)10(15-6-14-3)9(5-7)11(12)13;1-5-3-7(8(10)11)4-6(2)9-5/h6-10H,5,11H2,1-4H3,(H,22,23);5-10H,4H2,1-3H3,(H,20,21);4-5H,6H2,1-3H3,(H,12,13);3-4H,1-2H3,(H,10,11). The number of aromatic carboxylic acids is 2. The molecule has 0 fully saturated rings. The molecule has 1 heterocycles. The van der Waals surface area contributed by atoms with Crippen molar-refractivity contribution in [2.75, 3.05) is 51.7 Å². The molecule has 5 aromatic carbocycles. The van der Waals surface area contributed by atoms with E-state index in [0.717, 1.165) is 56.9 Å². The normalized spacial score (nSPS) is 10.2. The maximum Gasteiger partial charge on any atom is 0.341 e. The lowest BCUT2D eigenvalue weighted by molar-refractivity contribution is 0.0476. The number of hydrogen-bond acceptors (Lipinski definition) is 13. The largest absolute Gasteiger partial charge is 0.478 e. The fourth-order valence-corrected chi connectivity index (χ4v) is 7.26. The van der Waals surface area contributed by atoms with Gasteiger partial charge in [0, 0.05) is 42.5 Å². The second kappa shape index (κ2) is 30.0. The van der Waals surface area contributed by atoms with E-state index in [2.05, 4.69) is 15.6 Å². The van der Waals surface area contributed by atoms with E-state index in [0.29, 0.717) is 28.2 Å². The molecule has 76 heavy (non-hydrogen) atoms. The number of carbonyl (C=O) groups is 6. The minimum absolute atomic E-state index is 0.00690. The van der Waals surface area contributed by atoms with Gasteiger partial charge in [0.2, 0.25) is 0 Å². The number of esters is 2. The number of carboxylic acid groups (broad SMARTS) is 2. The van der Waals surface area contributed by atoms with Gasteiger partial charge in [0.1, 0.15) is 28.7 Å². The first-order valence-electron chi connectivity index (χ1n) is 23.4. The molecule has 0 aliphatic carbocycles. The van der Waals surface area contributed by atoms with Crippen molar-refractivity contribution in [3.8, 4) is 11.5 Å². The summed E-state index contributed by atoms with van der Waals surface area (Å²) in [5, 5.41) is 22.8. The molecule has 0 aliphatic heterocycles. The molecule has 0 saturated heterocycles. The number of aryl methyl sites for hydroxylation is 8. The predicted molar refractivity (Wildman–Crippen MR) is 281 cm³/mol. The summed E-state index contributed by atoms with van der Waals surface area (Å²) < 4.78 is 58.1. The van der Waals surface area contributed by atoms with Gasteiger partial charge in [-0.15, -0.1) is 0 Å². The second-order valence-electron chi connectivity index (χ2n) is 16.9. The van der Waals surface area contributed by atoms with E-state index in [4.69, 9.17) is 38.6 Å². The zero-order valence-electron chi connectivity index (χ0n) is 44.5. The summed E-state index contributed by atoms with van der Waals surface area (Å²) in [7, 11) is 2.97. The van der Waals surface area contributed by atoms with Crippen LogP contribution in [0.25, 0.3) is 0 Å². The number of methoxy groups -OCH3 is 2. The monoisotopic (exact) mass is 1050 g/mol. The quantitative estimate of drug-likeness (QED) is 0.0521. The number of halogens is 2. The maximum absolute atomic E-state index is 14.2. The van der Waals surface area contributed by atoms with Gasteiger partial charge < -0.3 is 49.3 Å². The molecule has 0 saturated carbocycles. The molecule has 17 nitrogen and oxygen atoms in total. The van der Waals surface area contributed by atoms with Gasteiger partial charge in [-0.1, -0.05) is 29.3 Å². The number of nitrogens with zero attached hydrogens (tertiary/aromatic N) is 1. The number of pyridine rings is 1. The van der Waals surface area contributed by atoms with Crippen molar-refractivity contribution in [2.45, 2.75) is 69.2 Å². The van der Waals surface area contributed by atoms with Crippen molar-refractivity contribution in [3.05, 3.63) is 181 Å². The van der Waals surface area contributed by atoms with Crippen LogP contribution in [0.2, 0.25) is 0 Å². The van der Waals surface area contributed by atoms with Crippen LogP contribution in [0.4, 0.5) is 20.2 Å². The van der Waals surface area contributed by atoms with Crippen molar-refractivity contribution in [1.82, 2.24) is 4.98 Å². The third-order valence-corrected chi connectivity index (χ3v) is 10.2. The molecule has 1 aromatic heterocycles. The van der Waals surface area contributed by atoms with Crippen molar-refractivity contribution in [2.24, 2.45) is 0 Å². The average Bonchev–Trinajstić information content (AvgIpc) is 3.33. The molecular weight excluding hydrogens is 989 g/mol. The highest BCUT2D eigenvalue weighted by Crippen LogP contribution is 2.28. The molecule has 4 N–H and O–H groups in total. The number of ether oxygens (including phenoxy) is 6. The SMILES string of the molecule is CCOC(=O)c1ccc(NC(=O)c2cc(C)cc(C)c2)cc1F.CCOC(=O)c1ccc(NC(=O)c2cc(C)cc(C)c2OCOC)cc1F.COCOc1c(C)cc(C)cc1C(=O)O.Cc1cc(C(=O)O)cc(C)n1. The second-order valence-corrected chi connectivity index (χ2v) is 16.9. The Bertz CT molecular complexity index is 3010. The maximum atomic E-state index is 14.2. The lowest BCUT2D eigenvalue weighted by Crippen LogP contribution is -2.16. The summed E-state index contributed by atoms with van der Waals surface area (Å²) in [5.74, 6) is -4.92. The van der Waals surface area contributed by atoms with Gasteiger partial charge in [-0.05, 0) is 164 Å². The Morgan fingerprint density at radius 2 is 0.895 bits per heavy atom. The van der Waals surface area contributed by atoms with Gasteiger partial charge in [-0.3, -0.25) is 14.6 Å². The van der Waals surface area contributed by atoms with Crippen molar-refractivity contribution < 1.29 is 76.2 Å². The molecule has 0 radical (unpaired) electrons. The Hall–Kier alpha value is -8.55. The number of amides is 2. The van der Waals surface area contributed by atoms with Gasteiger partial charge in [0.25, 0.3) is 11.8 Å². The molecule has 0 bridgehead atoms. The van der Waals surface area contributed by atoms with E-state index in [-0.39, 0.29) is 60.8 Å². The molecule has 0 spiro atoms. The summed E-state index contributed by atoms with van der Waals surface area (Å²) in [6.45, 7) is 18.3. The first-order valence-corrected chi connectivity index (χ1v) is 23.4. The molecule has 6 aromatic rings. The van der Waals surface area contributed by atoms with Crippen LogP contribution in [-0.2, 0) is 18.9 Å². The highest BCUT2D eigenvalue weighted by atomic mass is 19.1. The lowest BCUT2D eigenvalue weighted by atomic mass is 10.0. The van der Waals surface area contributed by atoms with E-state index >= 15 is 0 Å². The molecule has 19 heteroatoms. The first kappa shape index (κ1) is 61.7. The number of nitrogens with one attached hydrogen (secondary N) is 2. The summed E-state index contributed by atoms with van der Waals surface area (Å²) in [5.41, 5.74) is 8.19. The number of aromatic nitrogens is 1. The van der Waals surface area contributed by atoms with Crippen molar-refractivity contribution >= 4 is 47.1 Å². The van der Waals surface area contributed by atoms with Crippen LogP contribution in [0, 0.1) is 67.0 Å². The minimum atomic E-state index is -0.993. The summed E-state index contributed by atoms with van der Waals surface area (Å²) in [6, 6.07) is 23.2. The molecule has 2 amide bonds. The summed E-state index contributed by atoms with van der Waals surface area (Å²) >= 11 is 0. The lowest BCUT2D eigenvalue weighted by Gasteiger charge is -2.15. The van der Waals surface area contributed by atoms with Crippen LogP contribution in [0.5, 0.6) is 11.5 Å². The van der Waals surface area contributed by atoms with Gasteiger partial charge in [0.05, 0.1) is 35.5 Å². The van der Waals surface area contributed by atoms with Crippen LogP contribution < -0.4 is 20.1 Å². The zero-order chi connectivity index (χ0) is 56.8. The molecule has 6 rings (SSSR count). The minimum Gasteiger partial charge on any atom is -0.478 e. The number of anilines is 2. The molecule has 0 aliphatic rings. The molecule has 0 unspecified atom stereocenters. The third-order valence-electron chi connectivity index (χ3n) is 10.2. The average molecular weight is 1050 g/mol. The van der Waals surface area contributed by atoms with Gasteiger partial charge in [-0.25, -0.2) is 28.0 Å². The Labute approximate surface area is 440 Å². The number of benzene rings is 5. The molecule has 0 atom stereocenters. The van der Waals surface area contributed by atoms with E-state index < -0.39 is 41.4 Å². The summed E-state index contributed by atoms with van der Waals surface area (Å²) in [4.78, 5) is 73.6. The Morgan fingerprint density at radius 3 is 1.29 bits per heavy atom. The zero-order valence-corrected chi connectivity index (χ0v) is 44.5. The van der Waals surface area contributed by atoms with Crippen LogP contribution in [0.15, 0.2) is 91.0 Å². The van der Waals surface area contributed by atoms with Crippen molar-refractivity contribution in [3.63, 3.8) is 0 Å². The number of rotatable bonds is 16. The van der Waals surface area contributed by atoms with Gasteiger partial charge in [0.15, 0.2) is 13.6 Å². The van der Waals surface area contributed by atoms with E-state index in [1.807, 2.05) is 59.7 Å². The van der Waals surface area contributed by atoms with Crippen molar-refractivity contribution in [1.29, 1.82) is 0 Å². The highest BCUT2D eigenvalue weighted by Gasteiger charge is 2.20. The summed E-state index contributed by atoms with van der Waals surface area (Å²) in [6.07, 6.45) is 0. The fourth-order valence-electron chi connectivity index (χ4n) is 7.26. The van der Waals surface area contributed by atoms with Gasteiger partial charge >= 0.3 is 23.9 Å². The smallest absolute Gasteiger partial charge is 0.341 e. The molecule has 404 valence electrons. The third kappa shape index (κ3) is 19.1. The Balaban J connectivity index is 0.000000281. The van der Waals surface area contributed by atoms with Crippen LogP contribution in [-0.4, -0.2) is 91.9 Å². The number of hydrogen-bond donors (Lipinski definition) is 4. The molecular formula is C57H63F2N3O14. The van der Waals surface area contributed by atoms with Gasteiger partial charge in [-0.2, -0.15) is 0 Å². The Morgan fingerprint density at radius 1 is 0.487 bits per heavy atom. The predicted octanol–water partition coefficient (Wildman–Crippen LogP) is 11.1.